The third-order valence-electron chi connectivity index (χ3n) is 6.01. The molecule has 0 aliphatic rings. The second-order valence-corrected chi connectivity index (χ2v) is 9.19. The highest BCUT2D eigenvalue weighted by molar-refractivity contribution is 6.34. The van der Waals surface area contributed by atoms with Gasteiger partial charge in [0.05, 0.1) is 19.3 Å². The number of carbonyl (C=O) groups excluding carboxylic acids is 1. The van der Waals surface area contributed by atoms with E-state index in [9.17, 15) is 31.1 Å². The van der Waals surface area contributed by atoms with Crippen molar-refractivity contribution in [1.29, 1.82) is 0 Å². The van der Waals surface area contributed by atoms with E-state index in [1.54, 1.807) is 49.5 Å². The molecule has 0 saturated heterocycles. The van der Waals surface area contributed by atoms with Crippen molar-refractivity contribution in [1.82, 2.24) is 19.6 Å². The lowest BCUT2D eigenvalue weighted by molar-refractivity contribution is -0.171. The Bertz CT molecular complexity index is 1300. The van der Waals surface area contributed by atoms with E-state index in [-0.39, 0.29) is 16.9 Å². The normalized spacial score (nSPS) is 13.9. The number of alkyl halides is 6. The Hall–Kier alpha value is -2.86. The maximum absolute atomic E-state index is 13.4. The molecule has 3 rings (SSSR count). The van der Waals surface area contributed by atoms with Crippen LogP contribution in [0.25, 0.3) is 16.8 Å². The van der Waals surface area contributed by atoms with Gasteiger partial charge in [-0.2, -0.15) is 26.3 Å². The van der Waals surface area contributed by atoms with Crippen LogP contribution in [0.5, 0.6) is 5.75 Å². The number of halogens is 8. The summed E-state index contributed by atoms with van der Waals surface area (Å²) in [5, 5.41) is 2.20. The van der Waals surface area contributed by atoms with Crippen molar-refractivity contribution in [2.45, 2.75) is 51.1 Å². The third-order valence-corrected chi connectivity index (χ3v) is 6.65. The fourth-order valence-electron chi connectivity index (χ4n) is 4.02. The minimum absolute atomic E-state index is 0.00768. The first-order chi connectivity index (χ1) is 17.7. The lowest BCUT2D eigenvalue weighted by Crippen LogP contribution is -2.51. The third kappa shape index (κ3) is 6.58. The zero-order valence-electron chi connectivity index (χ0n) is 20.4. The highest BCUT2D eigenvalue weighted by Crippen LogP contribution is 2.37. The predicted octanol–water partition coefficient (Wildman–Crippen LogP) is 7.68. The first-order valence-electron chi connectivity index (χ1n) is 11.4. The summed E-state index contributed by atoms with van der Waals surface area (Å²) in [4.78, 5) is 18.1. The fourth-order valence-corrected chi connectivity index (χ4v) is 4.61. The average Bonchev–Trinajstić information content (AvgIpc) is 3.23. The molecule has 0 spiro atoms. The number of fused-ring (bicyclic) bond motifs is 1. The number of imidazole rings is 1. The highest BCUT2D eigenvalue weighted by Gasteiger charge is 2.43. The van der Waals surface area contributed by atoms with E-state index >= 15 is 0 Å². The maximum Gasteiger partial charge on any atom is 0.408 e. The van der Waals surface area contributed by atoms with Crippen LogP contribution in [0.4, 0.5) is 31.1 Å². The van der Waals surface area contributed by atoms with Gasteiger partial charge < -0.3 is 15.0 Å². The Balaban J connectivity index is 1.91. The number of hydrogen-bond acceptors (Lipinski definition) is 3. The van der Waals surface area contributed by atoms with Crippen molar-refractivity contribution < 1.29 is 35.9 Å². The molecular weight excluding hydrogens is 561 g/mol. The molecule has 0 unspecified atom stereocenters. The average molecular weight is 585 g/mol. The number of methoxy groups -OCH3 is 1. The summed E-state index contributed by atoms with van der Waals surface area (Å²) in [6, 6.07) is 3.91. The van der Waals surface area contributed by atoms with Gasteiger partial charge in [-0.25, -0.2) is 9.78 Å². The number of amides is 2. The SMILES string of the molecule is CCN(C(=O)N[C@@H](CCC(F)(F)F)C(F)(F)F)[C@H](C)c1cccc(-c2cc(OC)c3ncc(Cl)n3c2Cl)c1. The molecule has 1 aromatic carbocycles. The Labute approximate surface area is 224 Å². The standard InChI is InChI=1S/C24H24Cl2F6N4O2/c1-4-35(22(37)34-18(24(30,31)32)8-9-23(27,28)29)13(2)14-6-5-7-15(10-14)16-11-17(38-3)21-33-12-19(25)36(21)20(16)26/h5-7,10-13,18H,4,8-9H2,1-3H3,(H,34,37)/t13-,18+/m1/s1. The fraction of sp³-hybridized carbons (Fsp3) is 0.417. The van der Waals surface area contributed by atoms with Crippen LogP contribution in [0.3, 0.4) is 0 Å². The number of pyridine rings is 1. The van der Waals surface area contributed by atoms with Crippen LogP contribution in [0, 0.1) is 0 Å². The molecule has 2 amide bonds. The van der Waals surface area contributed by atoms with Crippen molar-refractivity contribution >= 4 is 34.9 Å². The minimum Gasteiger partial charge on any atom is -0.493 e. The number of nitrogens with zero attached hydrogens (tertiary/aromatic N) is 3. The number of hydrogen-bond donors (Lipinski definition) is 1. The topological polar surface area (TPSA) is 58.9 Å². The smallest absolute Gasteiger partial charge is 0.408 e. The van der Waals surface area contributed by atoms with Gasteiger partial charge in [0.15, 0.2) is 11.4 Å². The zero-order valence-corrected chi connectivity index (χ0v) is 21.9. The molecule has 3 aromatic rings. The molecule has 2 heterocycles. The molecule has 0 aliphatic carbocycles. The van der Waals surface area contributed by atoms with Gasteiger partial charge in [0.1, 0.15) is 16.3 Å². The zero-order chi connectivity index (χ0) is 28.4. The monoisotopic (exact) mass is 584 g/mol. The van der Waals surface area contributed by atoms with E-state index in [4.69, 9.17) is 27.9 Å². The molecule has 2 atom stereocenters. The molecule has 1 N–H and O–H groups in total. The van der Waals surface area contributed by atoms with Gasteiger partial charge in [-0.15, -0.1) is 0 Å². The Morgan fingerprint density at radius 1 is 1.18 bits per heavy atom. The molecule has 38 heavy (non-hydrogen) atoms. The van der Waals surface area contributed by atoms with Crippen molar-refractivity contribution in [3.63, 3.8) is 0 Å². The van der Waals surface area contributed by atoms with Gasteiger partial charge >= 0.3 is 18.4 Å². The minimum atomic E-state index is -5.05. The van der Waals surface area contributed by atoms with E-state index in [2.05, 4.69) is 4.98 Å². The van der Waals surface area contributed by atoms with E-state index in [0.717, 1.165) is 4.90 Å². The molecule has 6 nitrogen and oxygen atoms in total. The predicted molar refractivity (Wildman–Crippen MR) is 132 cm³/mol. The molecule has 0 aliphatic heterocycles. The van der Waals surface area contributed by atoms with Gasteiger partial charge in [0.2, 0.25) is 0 Å². The summed E-state index contributed by atoms with van der Waals surface area (Å²) in [5.74, 6) is 0.390. The molecule has 14 heteroatoms. The summed E-state index contributed by atoms with van der Waals surface area (Å²) in [5.41, 5.74) is 2.06. The van der Waals surface area contributed by atoms with E-state index in [0.29, 0.717) is 28.1 Å². The van der Waals surface area contributed by atoms with Crippen molar-refractivity contribution in [2.24, 2.45) is 0 Å². The van der Waals surface area contributed by atoms with Gasteiger partial charge in [-0.05, 0) is 43.5 Å². The van der Waals surface area contributed by atoms with Gasteiger partial charge in [0, 0.05) is 18.5 Å². The molecule has 0 saturated carbocycles. The largest absolute Gasteiger partial charge is 0.493 e. The number of benzene rings is 1. The summed E-state index contributed by atoms with van der Waals surface area (Å²) in [7, 11) is 1.45. The lowest BCUT2D eigenvalue weighted by atomic mass is 10.00. The summed E-state index contributed by atoms with van der Waals surface area (Å²) in [6.07, 6.45) is -11.4. The van der Waals surface area contributed by atoms with Crippen molar-refractivity contribution in [3.8, 4) is 16.9 Å². The van der Waals surface area contributed by atoms with Gasteiger partial charge in [0.25, 0.3) is 0 Å². The highest BCUT2D eigenvalue weighted by atomic mass is 35.5. The van der Waals surface area contributed by atoms with Crippen molar-refractivity contribution in [2.75, 3.05) is 13.7 Å². The number of nitrogens with one attached hydrogen (secondary N) is 1. The Morgan fingerprint density at radius 3 is 2.45 bits per heavy atom. The molecule has 0 fully saturated rings. The summed E-state index contributed by atoms with van der Waals surface area (Å²) < 4.78 is 84.6. The first-order valence-corrected chi connectivity index (χ1v) is 12.1. The van der Waals surface area contributed by atoms with E-state index in [1.165, 1.54) is 17.7 Å². The van der Waals surface area contributed by atoms with Crippen LogP contribution in [0.2, 0.25) is 10.3 Å². The first kappa shape index (κ1) is 29.7. The van der Waals surface area contributed by atoms with E-state index in [1.807, 2.05) is 0 Å². The van der Waals surface area contributed by atoms with Crippen LogP contribution in [0.15, 0.2) is 36.5 Å². The Kier molecular flexibility index (Phi) is 8.97. The second-order valence-electron chi connectivity index (χ2n) is 8.44. The van der Waals surface area contributed by atoms with Crippen LogP contribution in [-0.2, 0) is 0 Å². The number of rotatable bonds is 8. The molecular formula is C24H24Cl2F6N4O2. The molecule has 0 bridgehead atoms. The molecule has 0 radical (unpaired) electrons. The quantitative estimate of drug-likeness (QED) is 0.218. The number of urea groups is 1. The van der Waals surface area contributed by atoms with Crippen LogP contribution >= 0.6 is 23.2 Å². The second kappa shape index (κ2) is 11.5. The maximum atomic E-state index is 13.4. The Morgan fingerprint density at radius 2 is 1.87 bits per heavy atom. The van der Waals surface area contributed by atoms with Crippen LogP contribution < -0.4 is 10.1 Å². The number of aromatic nitrogens is 2. The van der Waals surface area contributed by atoms with Crippen molar-refractivity contribution in [3.05, 3.63) is 52.4 Å². The summed E-state index contributed by atoms with van der Waals surface area (Å²) in [6.45, 7) is 3.14. The molecule has 208 valence electrons. The van der Waals surface area contributed by atoms with Gasteiger partial charge in [-0.3, -0.25) is 4.40 Å². The van der Waals surface area contributed by atoms with Crippen LogP contribution in [0.1, 0.15) is 38.3 Å². The number of carbonyl (C=O) groups is 1. The van der Waals surface area contributed by atoms with Gasteiger partial charge in [-0.1, -0.05) is 41.4 Å². The van der Waals surface area contributed by atoms with E-state index < -0.39 is 43.3 Å². The van der Waals surface area contributed by atoms with Crippen LogP contribution in [-0.4, -0.2) is 52.4 Å². The summed E-state index contributed by atoms with van der Waals surface area (Å²) >= 11 is 12.8. The molecule has 2 aromatic heterocycles. The number of ether oxygens (including phenoxy) is 1. The lowest BCUT2D eigenvalue weighted by Gasteiger charge is -2.31.